The molecule has 0 spiro atoms. The van der Waals surface area contributed by atoms with E-state index in [0.29, 0.717) is 18.8 Å². The van der Waals surface area contributed by atoms with Gasteiger partial charge in [0.2, 0.25) is 0 Å². The fourth-order valence-electron chi connectivity index (χ4n) is 2.35. The van der Waals surface area contributed by atoms with E-state index in [-0.39, 0.29) is 24.0 Å². The smallest absolute Gasteiger partial charge is 0.336 e. The topological polar surface area (TPSA) is 66.2 Å². The van der Waals surface area contributed by atoms with Gasteiger partial charge in [0, 0.05) is 12.2 Å². The summed E-state index contributed by atoms with van der Waals surface area (Å²) in [5, 5.41) is 4.11. The molecule has 1 aromatic heterocycles. The summed E-state index contributed by atoms with van der Waals surface area (Å²) in [6.07, 6.45) is 0. The number of hydrogen-bond acceptors (Lipinski definition) is 5. The summed E-state index contributed by atoms with van der Waals surface area (Å²) in [5.74, 6) is -0.831. The Hall–Kier alpha value is -3.06. The molecule has 0 N–H and O–H groups in total. The zero-order chi connectivity index (χ0) is 18.4. The first-order chi connectivity index (χ1) is 12.7. The molecule has 0 aliphatic heterocycles. The zero-order valence-corrected chi connectivity index (χ0v) is 14.3. The van der Waals surface area contributed by atoms with E-state index in [9.17, 15) is 9.18 Å². The molecular formula is C19H18FN3O3. The Balaban J connectivity index is 1.97. The highest BCUT2D eigenvalue weighted by atomic mass is 19.1. The average molecular weight is 355 g/mol. The van der Waals surface area contributed by atoms with Gasteiger partial charge < -0.3 is 9.47 Å². The van der Waals surface area contributed by atoms with Crippen molar-refractivity contribution in [3.05, 3.63) is 66.0 Å². The monoisotopic (exact) mass is 355 g/mol. The lowest BCUT2D eigenvalue weighted by Crippen LogP contribution is -2.15. The van der Waals surface area contributed by atoms with Gasteiger partial charge in [0.05, 0.1) is 12.2 Å². The predicted octanol–water partition coefficient (Wildman–Crippen LogP) is 3.19. The van der Waals surface area contributed by atoms with Crippen molar-refractivity contribution in [3.8, 4) is 17.4 Å². The SMILES string of the molecule is CCOCCOc1nc(-c2ccccc2F)n(C(=O)c2ccccc2)n1. The minimum Gasteiger partial charge on any atom is -0.460 e. The van der Waals surface area contributed by atoms with Gasteiger partial charge in [-0.15, -0.1) is 5.10 Å². The van der Waals surface area contributed by atoms with Crippen molar-refractivity contribution in [2.75, 3.05) is 19.8 Å². The Kier molecular flexibility index (Phi) is 5.70. The number of hydrogen-bond donors (Lipinski definition) is 0. The standard InChI is InChI=1S/C19H18FN3O3/c1-2-25-12-13-26-19-21-17(15-10-6-7-11-16(15)20)23(22-19)18(24)14-8-4-3-5-9-14/h3-11H,2,12-13H2,1H3. The molecule has 0 bridgehead atoms. The van der Waals surface area contributed by atoms with Crippen LogP contribution in [0.4, 0.5) is 4.39 Å². The van der Waals surface area contributed by atoms with Gasteiger partial charge in [-0.05, 0) is 31.2 Å². The van der Waals surface area contributed by atoms with Gasteiger partial charge >= 0.3 is 6.01 Å². The van der Waals surface area contributed by atoms with Gasteiger partial charge in [-0.2, -0.15) is 9.67 Å². The number of halogens is 1. The van der Waals surface area contributed by atoms with Crippen LogP contribution in [0.5, 0.6) is 6.01 Å². The number of carbonyl (C=O) groups excluding carboxylic acids is 1. The first kappa shape index (κ1) is 17.8. The summed E-state index contributed by atoms with van der Waals surface area (Å²) in [6, 6.07) is 14.7. The van der Waals surface area contributed by atoms with Crippen LogP contribution in [0.3, 0.4) is 0 Å². The third-order valence-corrected chi connectivity index (χ3v) is 3.58. The van der Waals surface area contributed by atoms with Crippen LogP contribution >= 0.6 is 0 Å². The zero-order valence-electron chi connectivity index (χ0n) is 14.3. The summed E-state index contributed by atoms with van der Waals surface area (Å²) in [4.78, 5) is 17.0. The van der Waals surface area contributed by atoms with Crippen molar-refractivity contribution in [2.24, 2.45) is 0 Å². The lowest BCUT2D eigenvalue weighted by atomic mass is 10.2. The van der Waals surface area contributed by atoms with Gasteiger partial charge in [0.25, 0.3) is 5.91 Å². The van der Waals surface area contributed by atoms with Gasteiger partial charge in [-0.3, -0.25) is 4.79 Å². The molecule has 0 unspecified atom stereocenters. The Morgan fingerprint density at radius 3 is 2.54 bits per heavy atom. The lowest BCUT2D eigenvalue weighted by Gasteiger charge is -2.05. The number of benzene rings is 2. The molecule has 0 fully saturated rings. The molecule has 0 atom stereocenters. The van der Waals surface area contributed by atoms with Crippen molar-refractivity contribution in [1.29, 1.82) is 0 Å². The number of rotatable bonds is 7. The van der Waals surface area contributed by atoms with Gasteiger partial charge in [0.1, 0.15) is 12.4 Å². The number of aromatic nitrogens is 3. The van der Waals surface area contributed by atoms with E-state index < -0.39 is 11.7 Å². The minimum absolute atomic E-state index is 0.00719. The molecule has 26 heavy (non-hydrogen) atoms. The molecule has 3 rings (SSSR count). The summed E-state index contributed by atoms with van der Waals surface area (Å²) >= 11 is 0. The largest absolute Gasteiger partial charge is 0.460 e. The third-order valence-electron chi connectivity index (χ3n) is 3.58. The molecule has 0 saturated heterocycles. The molecule has 0 aliphatic rings. The van der Waals surface area contributed by atoms with Crippen molar-refractivity contribution < 1.29 is 18.7 Å². The lowest BCUT2D eigenvalue weighted by molar-refractivity contribution is 0.0938. The van der Waals surface area contributed by atoms with Crippen LogP contribution in [0, 0.1) is 5.82 Å². The summed E-state index contributed by atoms with van der Waals surface area (Å²) < 4.78 is 25.9. The van der Waals surface area contributed by atoms with Crippen LogP contribution in [-0.2, 0) is 4.74 Å². The fourth-order valence-corrected chi connectivity index (χ4v) is 2.35. The minimum atomic E-state index is -0.497. The van der Waals surface area contributed by atoms with Crippen LogP contribution in [0.25, 0.3) is 11.4 Å². The molecule has 0 aliphatic carbocycles. The molecule has 0 radical (unpaired) electrons. The van der Waals surface area contributed by atoms with E-state index in [0.717, 1.165) is 4.68 Å². The molecule has 1 heterocycles. The molecular weight excluding hydrogens is 337 g/mol. The van der Waals surface area contributed by atoms with Gasteiger partial charge in [0.15, 0.2) is 5.82 Å². The van der Waals surface area contributed by atoms with E-state index in [1.165, 1.54) is 12.1 Å². The van der Waals surface area contributed by atoms with Gasteiger partial charge in [-0.25, -0.2) is 4.39 Å². The third kappa shape index (κ3) is 3.94. The second-order valence-corrected chi connectivity index (χ2v) is 5.33. The molecule has 0 saturated carbocycles. The highest BCUT2D eigenvalue weighted by molar-refractivity contribution is 5.97. The Labute approximate surface area is 150 Å². The van der Waals surface area contributed by atoms with Crippen molar-refractivity contribution >= 4 is 5.91 Å². The maximum atomic E-state index is 14.2. The number of nitrogens with zero attached hydrogens (tertiary/aromatic N) is 3. The van der Waals surface area contributed by atoms with E-state index >= 15 is 0 Å². The van der Waals surface area contributed by atoms with Crippen LogP contribution in [0.1, 0.15) is 17.3 Å². The number of ether oxygens (including phenoxy) is 2. The highest BCUT2D eigenvalue weighted by Crippen LogP contribution is 2.23. The van der Waals surface area contributed by atoms with Crippen LogP contribution < -0.4 is 4.74 Å². The first-order valence-electron chi connectivity index (χ1n) is 8.23. The maximum Gasteiger partial charge on any atom is 0.336 e. The quantitative estimate of drug-likeness (QED) is 0.609. The Bertz CT molecular complexity index is 881. The Morgan fingerprint density at radius 1 is 1.08 bits per heavy atom. The van der Waals surface area contributed by atoms with Crippen LogP contribution in [-0.4, -0.2) is 40.5 Å². The predicted molar refractivity (Wildman–Crippen MR) is 93.6 cm³/mol. The molecule has 3 aromatic rings. The van der Waals surface area contributed by atoms with E-state index in [4.69, 9.17) is 9.47 Å². The molecule has 6 nitrogen and oxygen atoms in total. The van der Waals surface area contributed by atoms with E-state index in [2.05, 4.69) is 10.1 Å². The molecule has 0 amide bonds. The first-order valence-corrected chi connectivity index (χ1v) is 8.23. The van der Waals surface area contributed by atoms with Crippen molar-refractivity contribution in [3.63, 3.8) is 0 Å². The molecule has 134 valence electrons. The highest BCUT2D eigenvalue weighted by Gasteiger charge is 2.21. The van der Waals surface area contributed by atoms with Crippen LogP contribution in [0.2, 0.25) is 0 Å². The van der Waals surface area contributed by atoms with Crippen molar-refractivity contribution in [2.45, 2.75) is 6.92 Å². The summed E-state index contributed by atoms with van der Waals surface area (Å²) in [6.45, 7) is 3.04. The molecule has 7 heteroatoms. The Morgan fingerprint density at radius 2 is 1.81 bits per heavy atom. The summed E-state index contributed by atoms with van der Waals surface area (Å²) in [5.41, 5.74) is 0.583. The van der Waals surface area contributed by atoms with E-state index in [1.807, 2.05) is 6.92 Å². The maximum absolute atomic E-state index is 14.2. The van der Waals surface area contributed by atoms with E-state index in [1.54, 1.807) is 42.5 Å². The summed E-state index contributed by atoms with van der Waals surface area (Å²) in [7, 11) is 0. The van der Waals surface area contributed by atoms with Gasteiger partial charge in [-0.1, -0.05) is 30.3 Å². The normalized spacial score (nSPS) is 10.7. The molecule has 2 aromatic carbocycles. The fraction of sp³-hybridized carbons (Fsp3) is 0.211. The number of carbonyl (C=O) groups is 1. The second-order valence-electron chi connectivity index (χ2n) is 5.33. The van der Waals surface area contributed by atoms with Crippen molar-refractivity contribution in [1.82, 2.24) is 14.8 Å². The average Bonchev–Trinajstić information content (AvgIpc) is 3.09. The van der Waals surface area contributed by atoms with Crippen LogP contribution in [0.15, 0.2) is 54.6 Å². The second kappa shape index (κ2) is 8.35.